The van der Waals surface area contributed by atoms with E-state index in [4.69, 9.17) is 16.3 Å². The van der Waals surface area contributed by atoms with Crippen LogP contribution in [0, 0.1) is 5.82 Å². The number of aryl methyl sites for hydroxylation is 2. The molecule has 2 aromatic carbocycles. The minimum Gasteiger partial charge on any atom is -0.454 e. The lowest BCUT2D eigenvalue weighted by molar-refractivity contribution is 0.443. The van der Waals surface area contributed by atoms with Gasteiger partial charge in [-0.2, -0.15) is 0 Å². The standard InChI is InChI=1S/C19H17ClFN3O3S/c1-22-28(25,26)13-5-7-17(27-18-6-4-12(20)9-15(18)21)14(10-13)16-11-24-8-2-3-19(24)23-16/h4-7,9-11,22H,2-3,8H2,1H3. The lowest BCUT2D eigenvalue weighted by Gasteiger charge is -2.13. The highest BCUT2D eigenvalue weighted by Crippen LogP contribution is 2.36. The molecule has 2 heterocycles. The van der Waals surface area contributed by atoms with Gasteiger partial charge in [0.15, 0.2) is 11.6 Å². The topological polar surface area (TPSA) is 73.2 Å². The third-order valence-electron chi connectivity index (χ3n) is 4.58. The number of rotatable bonds is 5. The highest BCUT2D eigenvalue weighted by molar-refractivity contribution is 7.89. The monoisotopic (exact) mass is 421 g/mol. The first-order valence-electron chi connectivity index (χ1n) is 8.64. The Labute approximate surface area is 167 Å². The molecule has 28 heavy (non-hydrogen) atoms. The second-order valence-corrected chi connectivity index (χ2v) is 8.70. The molecule has 1 aliphatic rings. The van der Waals surface area contributed by atoms with Crippen molar-refractivity contribution in [3.8, 4) is 22.8 Å². The SMILES string of the molecule is CNS(=O)(=O)c1ccc(Oc2ccc(Cl)cc2F)c(-c2cn3c(n2)CCC3)c1. The normalized spacial score (nSPS) is 13.5. The molecule has 1 N–H and O–H groups in total. The Bertz CT molecular complexity index is 1140. The zero-order valence-corrected chi connectivity index (χ0v) is 16.5. The van der Waals surface area contributed by atoms with E-state index in [0.29, 0.717) is 17.0 Å². The summed E-state index contributed by atoms with van der Waals surface area (Å²) in [5, 5.41) is 0.256. The van der Waals surface area contributed by atoms with E-state index in [1.54, 1.807) is 0 Å². The molecule has 0 atom stereocenters. The summed E-state index contributed by atoms with van der Waals surface area (Å²) < 4.78 is 48.7. The van der Waals surface area contributed by atoms with Gasteiger partial charge in [0.05, 0.1) is 10.6 Å². The number of aromatic nitrogens is 2. The van der Waals surface area contributed by atoms with Gasteiger partial charge in [-0.15, -0.1) is 0 Å². The molecule has 0 bridgehead atoms. The molecule has 6 nitrogen and oxygen atoms in total. The summed E-state index contributed by atoms with van der Waals surface area (Å²) in [5.74, 6) is 0.605. The molecule has 0 amide bonds. The van der Waals surface area contributed by atoms with Crippen LogP contribution < -0.4 is 9.46 Å². The van der Waals surface area contributed by atoms with Crippen molar-refractivity contribution in [1.29, 1.82) is 0 Å². The summed E-state index contributed by atoms with van der Waals surface area (Å²) in [4.78, 5) is 4.67. The van der Waals surface area contributed by atoms with Gasteiger partial charge < -0.3 is 9.30 Å². The van der Waals surface area contributed by atoms with E-state index < -0.39 is 15.8 Å². The van der Waals surface area contributed by atoms with Gasteiger partial charge >= 0.3 is 0 Å². The number of nitrogens with one attached hydrogen (secondary N) is 1. The number of sulfonamides is 1. The third kappa shape index (κ3) is 3.50. The van der Waals surface area contributed by atoms with Crippen LogP contribution in [0.5, 0.6) is 11.5 Å². The van der Waals surface area contributed by atoms with Gasteiger partial charge in [-0.3, -0.25) is 0 Å². The molecule has 0 saturated heterocycles. The maximum Gasteiger partial charge on any atom is 0.240 e. The van der Waals surface area contributed by atoms with Crippen LogP contribution in [0.1, 0.15) is 12.2 Å². The molecule has 1 aliphatic heterocycles. The van der Waals surface area contributed by atoms with Gasteiger partial charge in [-0.05, 0) is 49.9 Å². The average Bonchev–Trinajstić information content (AvgIpc) is 3.26. The lowest BCUT2D eigenvalue weighted by atomic mass is 10.1. The van der Waals surface area contributed by atoms with E-state index in [-0.39, 0.29) is 15.7 Å². The number of benzene rings is 2. The highest BCUT2D eigenvalue weighted by atomic mass is 35.5. The van der Waals surface area contributed by atoms with E-state index in [2.05, 4.69) is 9.71 Å². The first kappa shape index (κ1) is 18.9. The summed E-state index contributed by atoms with van der Waals surface area (Å²) in [6.07, 6.45) is 3.74. The molecule has 4 rings (SSSR count). The van der Waals surface area contributed by atoms with Crippen LogP contribution in [0.3, 0.4) is 0 Å². The summed E-state index contributed by atoms with van der Waals surface area (Å²) >= 11 is 5.79. The lowest BCUT2D eigenvalue weighted by Crippen LogP contribution is -2.18. The number of hydrogen-bond acceptors (Lipinski definition) is 4. The zero-order valence-electron chi connectivity index (χ0n) is 14.9. The molecule has 0 aliphatic carbocycles. The van der Waals surface area contributed by atoms with Crippen LogP contribution in [0.25, 0.3) is 11.3 Å². The molecular weight excluding hydrogens is 405 g/mol. The molecule has 146 valence electrons. The molecule has 0 fully saturated rings. The molecule has 3 aromatic rings. The fourth-order valence-electron chi connectivity index (χ4n) is 3.14. The summed E-state index contributed by atoms with van der Waals surface area (Å²) in [6, 6.07) is 8.48. The number of halogens is 2. The summed E-state index contributed by atoms with van der Waals surface area (Å²) in [6.45, 7) is 0.860. The van der Waals surface area contributed by atoms with Gasteiger partial charge in [0, 0.05) is 29.7 Å². The minimum atomic E-state index is -3.66. The molecule has 0 spiro atoms. The molecule has 0 radical (unpaired) electrons. The number of fused-ring (bicyclic) bond motifs is 1. The van der Waals surface area contributed by atoms with Gasteiger partial charge in [-0.1, -0.05) is 11.6 Å². The molecule has 0 saturated carbocycles. The number of hydrogen-bond donors (Lipinski definition) is 1. The largest absolute Gasteiger partial charge is 0.454 e. The molecule has 9 heteroatoms. The van der Waals surface area contributed by atoms with E-state index in [0.717, 1.165) is 31.3 Å². The zero-order chi connectivity index (χ0) is 19.9. The second kappa shape index (κ2) is 7.20. The van der Waals surface area contributed by atoms with Crippen LogP contribution in [0.2, 0.25) is 5.02 Å². The summed E-state index contributed by atoms with van der Waals surface area (Å²) in [5.41, 5.74) is 1.04. The Balaban J connectivity index is 1.82. The van der Waals surface area contributed by atoms with Crippen molar-refractivity contribution < 1.29 is 17.5 Å². The van der Waals surface area contributed by atoms with Crippen LogP contribution in [-0.2, 0) is 23.0 Å². The number of imidazole rings is 1. The predicted octanol–water partition coefficient (Wildman–Crippen LogP) is 3.99. The van der Waals surface area contributed by atoms with Crippen molar-refractivity contribution in [2.45, 2.75) is 24.3 Å². The smallest absolute Gasteiger partial charge is 0.240 e. The average molecular weight is 422 g/mol. The van der Waals surface area contributed by atoms with Crippen molar-refractivity contribution in [2.24, 2.45) is 0 Å². The van der Waals surface area contributed by atoms with E-state index in [1.165, 1.54) is 37.4 Å². The van der Waals surface area contributed by atoms with Crippen molar-refractivity contribution >= 4 is 21.6 Å². The minimum absolute atomic E-state index is 0.0124. The highest BCUT2D eigenvalue weighted by Gasteiger charge is 2.21. The van der Waals surface area contributed by atoms with Crippen LogP contribution in [-0.4, -0.2) is 25.0 Å². The van der Waals surface area contributed by atoms with Gasteiger partial charge in [0.2, 0.25) is 10.0 Å². The predicted molar refractivity (Wildman–Crippen MR) is 104 cm³/mol. The fraction of sp³-hybridized carbons (Fsp3) is 0.211. The van der Waals surface area contributed by atoms with E-state index in [1.807, 2.05) is 10.8 Å². The Hall–Kier alpha value is -2.42. The maximum atomic E-state index is 14.2. The Morgan fingerprint density at radius 2 is 2.00 bits per heavy atom. The molecule has 1 aromatic heterocycles. The summed E-state index contributed by atoms with van der Waals surface area (Å²) in [7, 11) is -2.32. The number of ether oxygens (including phenoxy) is 1. The van der Waals surface area contributed by atoms with Gasteiger partial charge in [0.1, 0.15) is 11.6 Å². The van der Waals surface area contributed by atoms with Gasteiger partial charge in [0.25, 0.3) is 0 Å². The van der Waals surface area contributed by atoms with Crippen molar-refractivity contribution in [2.75, 3.05) is 7.05 Å². The first-order valence-corrected chi connectivity index (χ1v) is 10.5. The van der Waals surface area contributed by atoms with Crippen molar-refractivity contribution in [1.82, 2.24) is 14.3 Å². The maximum absolute atomic E-state index is 14.2. The second-order valence-electron chi connectivity index (χ2n) is 6.38. The Morgan fingerprint density at radius 3 is 2.71 bits per heavy atom. The van der Waals surface area contributed by atoms with Crippen LogP contribution >= 0.6 is 11.6 Å². The van der Waals surface area contributed by atoms with Crippen molar-refractivity contribution in [3.63, 3.8) is 0 Å². The van der Waals surface area contributed by atoms with Crippen LogP contribution in [0.4, 0.5) is 4.39 Å². The Kier molecular flexibility index (Phi) is 4.86. The van der Waals surface area contributed by atoms with E-state index in [9.17, 15) is 12.8 Å². The first-order chi connectivity index (χ1) is 13.4. The number of nitrogens with zero attached hydrogens (tertiary/aromatic N) is 2. The third-order valence-corrected chi connectivity index (χ3v) is 6.23. The van der Waals surface area contributed by atoms with E-state index >= 15 is 0 Å². The fourth-order valence-corrected chi connectivity index (χ4v) is 4.06. The van der Waals surface area contributed by atoms with Crippen LogP contribution in [0.15, 0.2) is 47.5 Å². The van der Waals surface area contributed by atoms with Crippen molar-refractivity contribution in [3.05, 3.63) is 59.3 Å². The molecule has 0 unspecified atom stereocenters. The Morgan fingerprint density at radius 1 is 1.21 bits per heavy atom. The quantitative estimate of drug-likeness (QED) is 0.676. The van der Waals surface area contributed by atoms with Gasteiger partial charge in [-0.25, -0.2) is 22.5 Å². The molecular formula is C19H17ClFN3O3S.